The highest BCUT2D eigenvalue weighted by Gasteiger charge is 2.10. The SMILES string of the molecule is O=C(O)/C(=C/c1ccc(O)c(F)c1)c1ccccc1. The molecule has 2 aromatic rings. The number of carboxylic acids is 1. The second kappa shape index (κ2) is 5.35. The molecule has 3 nitrogen and oxygen atoms in total. The molecule has 0 radical (unpaired) electrons. The smallest absolute Gasteiger partial charge is 0.336 e. The first-order chi connectivity index (χ1) is 9.08. The maximum Gasteiger partial charge on any atom is 0.336 e. The first kappa shape index (κ1) is 12.8. The summed E-state index contributed by atoms with van der Waals surface area (Å²) in [5.41, 5.74) is 0.964. The zero-order valence-corrected chi connectivity index (χ0v) is 9.88. The number of rotatable bonds is 3. The second-order valence-corrected chi connectivity index (χ2v) is 3.94. The van der Waals surface area contributed by atoms with Crippen molar-refractivity contribution in [1.82, 2.24) is 0 Å². The van der Waals surface area contributed by atoms with Gasteiger partial charge in [0.25, 0.3) is 0 Å². The molecule has 0 aliphatic rings. The van der Waals surface area contributed by atoms with Gasteiger partial charge in [-0.25, -0.2) is 9.18 Å². The van der Waals surface area contributed by atoms with Crippen molar-refractivity contribution >= 4 is 17.6 Å². The minimum Gasteiger partial charge on any atom is -0.505 e. The molecule has 0 fully saturated rings. The summed E-state index contributed by atoms with van der Waals surface area (Å²) in [6.45, 7) is 0. The fraction of sp³-hybridized carbons (Fsp3) is 0. The lowest BCUT2D eigenvalue weighted by atomic mass is 10.0. The second-order valence-electron chi connectivity index (χ2n) is 3.94. The minimum absolute atomic E-state index is 0.0608. The molecule has 0 bridgehead atoms. The number of carbonyl (C=O) groups is 1. The standard InChI is InChI=1S/C15H11FO3/c16-13-9-10(6-7-14(13)17)8-12(15(18)19)11-4-2-1-3-5-11/h1-9,17H,(H,18,19)/b12-8+. The minimum atomic E-state index is -1.10. The van der Waals surface area contributed by atoms with Gasteiger partial charge in [-0.15, -0.1) is 0 Å². The average molecular weight is 258 g/mol. The summed E-state index contributed by atoms with van der Waals surface area (Å²) >= 11 is 0. The van der Waals surface area contributed by atoms with E-state index in [1.54, 1.807) is 30.3 Å². The molecule has 0 atom stereocenters. The zero-order chi connectivity index (χ0) is 13.8. The third-order valence-electron chi connectivity index (χ3n) is 2.60. The number of halogens is 1. The van der Waals surface area contributed by atoms with E-state index in [1.165, 1.54) is 18.2 Å². The Kier molecular flexibility index (Phi) is 3.61. The van der Waals surface area contributed by atoms with Crippen molar-refractivity contribution in [3.8, 4) is 5.75 Å². The summed E-state index contributed by atoms with van der Waals surface area (Å²) in [4.78, 5) is 11.2. The van der Waals surface area contributed by atoms with Gasteiger partial charge in [0.15, 0.2) is 11.6 Å². The van der Waals surface area contributed by atoms with Crippen LogP contribution in [0.15, 0.2) is 48.5 Å². The number of aromatic hydroxyl groups is 1. The van der Waals surface area contributed by atoms with Gasteiger partial charge in [0, 0.05) is 0 Å². The van der Waals surface area contributed by atoms with Crippen LogP contribution in [0.5, 0.6) is 5.75 Å². The lowest BCUT2D eigenvalue weighted by Crippen LogP contribution is -1.99. The Hall–Kier alpha value is -2.62. The van der Waals surface area contributed by atoms with Crippen molar-refractivity contribution in [2.24, 2.45) is 0 Å². The van der Waals surface area contributed by atoms with Crippen LogP contribution in [-0.4, -0.2) is 16.2 Å². The van der Waals surface area contributed by atoms with Crippen molar-refractivity contribution in [1.29, 1.82) is 0 Å². The third kappa shape index (κ3) is 2.98. The van der Waals surface area contributed by atoms with Gasteiger partial charge in [-0.2, -0.15) is 0 Å². The first-order valence-electron chi connectivity index (χ1n) is 5.57. The van der Waals surface area contributed by atoms with Crippen molar-refractivity contribution in [2.45, 2.75) is 0 Å². The fourth-order valence-corrected chi connectivity index (χ4v) is 1.67. The zero-order valence-electron chi connectivity index (χ0n) is 9.88. The molecule has 0 saturated heterocycles. The summed E-state index contributed by atoms with van der Waals surface area (Å²) in [6.07, 6.45) is 1.36. The molecule has 19 heavy (non-hydrogen) atoms. The lowest BCUT2D eigenvalue weighted by molar-refractivity contribution is -0.130. The van der Waals surface area contributed by atoms with Gasteiger partial charge in [0.2, 0.25) is 0 Å². The Balaban J connectivity index is 2.47. The van der Waals surface area contributed by atoms with E-state index in [9.17, 15) is 14.3 Å². The summed E-state index contributed by atoms with van der Waals surface area (Å²) in [5, 5.41) is 18.3. The number of hydrogen-bond acceptors (Lipinski definition) is 2. The van der Waals surface area contributed by atoms with Crippen LogP contribution in [0, 0.1) is 5.82 Å². The molecule has 0 unspecified atom stereocenters. The molecule has 2 N–H and O–H groups in total. The Morgan fingerprint density at radius 1 is 1.11 bits per heavy atom. The van der Waals surface area contributed by atoms with Crippen molar-refractivity contribution in [3.05, 3.63) is 65.5 Å². The van der Waals surface area contributed by atoms with Gasteiger partial charge >= 0.3 is 5.97 Å². The van der Waals surface area contributed by atoms with E-state index in [0.717, 1.165) is 6.07 Å². The molecule has 0 aliphatic heterocycles. The molecule has 96 valence electrons. The number of aliphatic carboxylic acids is 1. The Morgan fingerprint density at radius 3 is 2.37 bits per heavy atom. The van der Waals surface area contributed by atoms with Gasteiger partial charge in [0.1, 0.15) is 0 Å². The van der Waals surface area contributed by atoms with E-state index in [0.29, 0.717) is 11.1 Å². The van der Waals surface area contributed by atoms with Gasteiger partial charge in [-0.05, 0) is 29.3 Å². The lowest BCUT2D eigenvalue weighted by Gasteiger charge is -2.03. The normalized spacial score (nSPS) is 11.3. The largest absolute Gasteiger partial charge is 0.505 e. The molecule has 0 spiro atoms. The van der Waals surface area contributed by atoms with Crippen LogP contribution in [0.3, 0.4) is 0 Å². The molecular formula is C15H11FO3. The van der Waals surface area contributed by atoms with E-state index in [1.807, 2.05) is 0 Å². The predicted octanol–water partition coefficient (Wildman–Crippen LogP) is 3.16. The van der Waals surface area contributed by atoms with E-state index in [-0.39, 0.29) is 5.57 Å². The maximum absolute atomic E-state index is 13.2. The first-order valence-corrected chi connectivity index (χ1v) is 5.57. The average Bonchev–Trinajstić information content (AvgIpc) is 2.40. The molecule has 0 saturated carbocycles. The molecule has 0 aromatic heterocycles. The van der Waals surface area contributed by atoms with Crippen LogP contribution >= 0.6 is 0 Å². The van der Waals surface area contributed by atoms with Gasteiger partial charge in [0.05, 0.1) is 5.57 Å². The summed E-state index contributed by atoms with van der Waals surface area (Å²) in [5.74, 6) is -2.35. The summed E-state index contributed by atoms with van der Waals surface area (Å²) < 4.78 is 13.2. The quantitative estimate of drug-likeness (QED) is 0.656. The number of benzene rings is 2. The highest BCUT2D eigenvalue weighted by Crippen LogP contribution is 2.22. The van der Waals surface area contributed by atoms with Gasteiger partial charge in [-0.1, -0.05) is 36.4 Å². The summed E-state index contributed by atoms with van der Waals surface area (Å²) in [7, 11) is 0. The molecular weight excluding hydrogens is 247 g/mol. The molecule has 0 aliphatic carbocycles. The number of phenolic OH excluding ortho intramolecular Hbond substituents is 1. The monoisotopic (exact) mass is 258 g/mol. The fourth-order valence-electron chi connectivity index (χ4n) is 1.67. The van der Waals surface area contributed by atoms with E-state index in [4.69, 9.17) is 5.11 Å². The van der Waals surface area contributed by atoms with Gasteiger partial charge < -0.3 is 10.2 Å². The number of carboxylic acid groups (broad SMARTS) is 1. The summed E-state index contributed by atoms with van der Waals surface area (Å²) in [6, 6.07) is 12.3. The number of phenols is 1. The van der Waals surface area contributed by atoms with Crippen LogP contribution in [0.25, 0.3) is 11.6 Å². The van der Waals surface area contributed by atoms with E-state index >= 15 is 0 Å². The molecule has 2 aromatic carbocycles. The van der Waals surface area contributed by atoms with Crippen LogP contribution < -0.4 is 0 Å². The van der Waals surface area contributed by atoms with E-state index in [2.05, 4.69) is 0 Å². The number of hydrogen-bond donors (Lipinski definition) is 2. The highest BCUT2D eigenvalue weighted by atomic mass is 19.1. The van der Waals surface area contributed by atoms with Gasteiger partial charge in [-0.3, -0.25) is 0 Å². The highest BCUT2D eigenvalue weighted by molar-refractivity contribution is 6.20. The third-order valence-corrected chi connectivity index (χ3v) is 2.60. The molecule has 4 heteroatoms. The molecule has 2 rings (SSSR count). The van der Waals surface area contributed by atoms with Crippen LogP contribution in [0.4, 0.5) is 4.39 Å². The Morgan fingerprint density at radius 2 is 1.79 bits per heavy atom. The Bertz CT molecular complexity index is 633. The van der Waals surface area contributed by atoms with Crippen molar-refractivity contribution in [3.63, 3.8) is 0 Å². The van der Waals surface area contributed by atoms with Crippen LogP contribution in [0.1, 0.15) is 11.1 Å². The molecule has 0 amide bonds. The Labute approximate surface area is 109 Å². The molecule has 0 heterocycles. The van der Waals surface area contributed by atoms with Crippen LogP contribution in [0.2, 0.25) is 0 Å². The van der Waals surface area contributed by atoms with E-state index < -0.39 is 17.5 Å². The van der Waals surface area contributed by atoms with Crippen molar-refractivity contribution in [2.75, 3.05) is 0 Å². The predicted molar refractivity (Wildman–Crippen MR) is 70.0 cm³/mol. The van der Waals surface area contributed by atoms with Crippen molar-refractivity contribution < 1.29 is 19.4 Å². The topological polar surface area (TPSA) is 57.5 Å². The van der Waals surface area contributed by atoms with Crippen LogP contribution in [-0.2, 0) is 4.79 Å². The maximum atomic E-state index is 13.2.